The number of hydrogen-bond donors (Lipinski definition) is 3. The molecule has 0 bridgehead atoms. The molecular weight excluding hydrogens is 1250 g/mol. The van der Waals surface area contributed by atoms with Crippen molar-refractivity contribution in [1.29, 1.82) is 0 Å². The molecule has 0 rings (SSSR count). The van der Waals surface area contributed by atoms with Crippen molar-refractivity contribution < 1.29 is 80.2 Å². The number of phosphoric ester groups is 2. The fraction of sp³-hybridized carbons (Fsp3) is 0.947. The second kappa shape index (κ2) is 67.9. The smallest absolute Gasteiger partial charge is 0.462 e. The highest BCUT2D eigenvalue weighted by molar-refractivity contribution is 7.47. The molecule has 95 heavy (non-hydrogen) atoms. The lowest BCUT2D eigenvalue weighted by atomic mass is 10.0. The first-order chi connectivity index (χ1) is 45.9. The minimum Gasteiger partial charge on any atom is -0.462 e. The van der Waals surface area contributed by atoms with Gasteiger partial charge in [0.15, 0.2) is 12.2 Å². The van der Waals surface area contributed by atoms with Crippen LogP contribution in [0.2, 0.25) is 0 Å². The lowest BCUT2D eigenvalue weighted by Gasteiger charge is -2.21. The van der Waals surface area contributed by atoms with Crippen LogP contribution in [0.3, 0.4) is 0 Å². The predicted octanol–water partition coefficient (Wildman–Crippen LogP) is 22.3. The topological polar surface area (TPSA) is 237 Å². The zero-order valence-corrected chi connectivity index (χ0v) is 63.8. The van der Waals surface area contributed by atoms with Crippen LogP contribution in [0.15, 0.2) is 0 Å². The van der Waals surface area contributed by atoms with Gasteiger partial charge in [-0.15, -0.1) is 0 Å². The van der Waals surface area contributed by atoms with Gasteiger partial charge < -0.3 is 33.8 Å². The van der Waals surface area contributed by atoms with Crippen LogP contribution < -0.4 is 0 Å². The van der Waals surface area contributed by atoms with Gasteiger partial charge in [-0.1, -0.05) is 343 Å². The van der Waals surface area contributed by atoms with E-state index in [0.29, 0.717) is 31.6 Å². The molecule has 5 atom stereocenters. The van der Waals surface area contributed by atoms with Crippen LogP contribution >= 0.6 is 15.6 Å². The molecule has 0 saturated heterocycles. The minimum absolute atomic E-state index is 0.104. The molecule has 0 aromatic heterocycles. The molecule has 0 aliphatic carbocycles. The largest absolute Gasteiger partial charge is 0.472 e. The Kier molecular flexibility index (Phi) is 66.5. The number of phosphoric acid groups is 2. The molecule has 0 aromatic rings. The maximum atomic E-state index is 13.1. The second-order valence-electron chi connectivity index (χ2n) is 28.3. The van der Waals surface area contributed by atoms with Crippen LogP contribution in [0.4, 0.5) is 0 Å². The molecule has 3 N–H and O–H groups in total. The Labute approximate surface area is 581 Å². The molecule has 2 unspecified atom stereocenters. The van der Waals surface area contributed by atoms with Gasteiger partial charge in [-0.2, -0.15) is 0 Å². The molecule has 0 aromatic carbocycles. The third-order valence-electron chi connectivity index (χ3n) is 17.7. The average molecular weight is 1400 g/mol. The first-order valence-electron chi connectivity index (χ1n) is 39.5. The van der Waals surface area contributed by atoms with Gasteiger partial charge >= 0.3 is 39.5 Å². The maximum Gasteiger partial charge on any atom is 0.472 e. The second-order valence-corrected chi connectivity index (χ2v) is 31.3. The Morgan fingerprint density at radius 1 is 0.284 bits per heavy atom. The zero-order chi connectivity index (χ0) is 70.0. The summed E-state index contributed by atoms with van der Waals surface area (Å²) in [5.74, 6) is -0.619. The van der Waals surface area contributed by atoms with E-state index in [1.54, 1.807) is 0 Å². The molecule has 0 spiro atoms. The third-order valence-corrected chi connectivity index (χ3v) is 19.6. The summed E-state index contributed by atoms with van der Waals surface area (Å²) in [4.78, 5) is 72.7. The first-order valence-corrected chi connectivity index (χ1v) is 42.5. The van der Waals surface area contributed by atoms with E-state index in [0.717, 1.165) is 95.8 Å². The molecule has 17 nitrogen and oxygen atoms in total. The molecule has 0 aliphatic heterocycles. The van der Waals surface area contributed by atoms with Crippen molar-refractivity contribution in [2.75, 3.05) is 39.6 Å². The summed E-state index contributed by atoms with van der Waals surface area (Å²) in [5.41, 5.74) is 0. The van der Waals surface area contributed by atoms with E-state index in [1.807, 2.05) is 0 Å². The number of hydrogen-bond acceptors (Lipinski definition) is 15. The summed E-state index contributed by atoms with van der Waals surface area (Å²) in [5, 5.41) is 10.6. The van der Waals surface area contributed by atoms with Crippen LogP contribution in [0, 0.1) is 11.8 Å². The highest BCUT2D eigenvalue weighted by Gasteiger charge is 2.30. The summed E-state index contributed by atoms with van der Waals surface area (Å²) in [6.45, 7) is 9.55. The normalized spacial score (nSPS) is 14.0. The maximum absolute atomic E-state index is 13.1. The number of unbranched alkanes of at least 4 members (excludes halogenated alkanes) is 45. The van der Waals surface area contributed by atoms with E-state index in [1.165, 1.54) is 212 Å². The molecule has 0 heterocycles. The first kappa shape index (κ1) is 93.1. The minimum atomic E-state index is -4.96. The van der Waals surface area contributed by atoms with Crippen molar-refractivity contribution in [2.45, 2.75) is 413 Å². The quantitative estimate of drug-likeness (QED) is 0.0222. The summed E-state index contributed by atoms with van der Waals surface area (Å²) in [6, 6.07) is 0. The number of rotatable bonds is 75. The Hall–Kier alpha value is -1.94. The summed E-state index contributed by atoms with van der Waals surface area (Å²) < 4.78 is 68.5. The van der Waals surface area contributed by atoms with Gasteiger partial charge in [0.1, 0.15) is 19.3 Å². The van der Waals surface area contributed by atoms with Crippen LogP contribution in [0.5, 0.6) is 0 Å². The van der Waals surface area contributed by atoms with Gasteiger partial charge in [0.2, 0.25) is 0 Å². The predicted molar refractivity (Wildman–Crippen MR) is 386 cm³/mol. The van der Waals surface area contributed by atoms with Gasteiger partial charge in [-0.05, 0) is 37.5 Å². The standard InChI is InChI=1S/C76H148O17P2/c1-7-9-11-13-15-17-19-20-21-22-25-28-31-35-41-47-53-59-74(79)87-64-71(92-75(80)60-54-48-42-36-32-29-26-23-24-27-30-33-38-44-50-56-68(3)4)66-90-94(82,83)88-62-70(77)63-89-95(84,85)91-67-72(93-76(81)61-55-49-43-37-39-45-51-57-69(5)6)65-86-73(78)58-52-46-40-34-18-16-14-12-10-8-2/h68-72,77H,7-67H2,1-6H3,(H,82,83)(H,84,85)/t70-,71-,72-/m1/s1. The lowest BCUT2D eigenvalue weighted by molar-refractivity contribution is -0.161. The summed E-state index contributed by atoms with van der Waals surface area (Å²) in [7, 11) is -9.91. The van der Waals surface area contributed by atoms with Crippen LogP contribution in [-0.2, 0) is 65.4 Å². The molecule has 0 fully saturated rings. The Balaban J connectivity index is 5.22. The molecule has 0 saturated carbocycles. The number of ether oxygens (including phenoxy) is 4. The molecular formula is C76H148O17P2. The van der Waals surface area contributed by atoms with Crippen molar-refractivity contribution in [3.63, 3.8) is 0 Å². The lowest BCUT2D eigenvalue weighted by Crippen LogP contribution is -2.30. The molecule has 19 heteroatoms. The van der Waals surface area contributed by atoms with Crippen molar-refractivity contribution >= 4 is 39.5 Å². The number of esters is 4. The van der Waals surface area contributed by atoms with Gasteiger partial charge in [0.25, 0.3) is 0 Å². The highest BCUT2D eigenvalue weighted by Crippen LogP contribution is 2.45. The van der Waals surface area contributed by atoms with Crippen molar-refractivity contribution in [2.24, 2.45) is 11.8 Å². The molecule has 564 valence electrons. The van der Waals surface area contributed by atoms with E-state index in [9.17, 15) is 43.2 Å². The van der Waals surface area contributed by atoms with E-state index < -0.39 is 97.5 Å². The van der Waals surface area contributed by atoms with Gasteiger partial charge in [0, 0.05) is 25.7 Å². The monoisotopic (exact) mass is 1400 g/mol. The SMILES string of the molecule is CCCCCCCCCCCCCCCCCCCC(=O)OC[C@H](COP(=O)(O)OC[C@@H](O)COP(=O)(O)OC[C@@H](COC(=O)CCCCCCCCCCCC)OC(=O)CCCCCCCCCC(C)C)OC(=O)CCCCCCCCCCCCCCCCCC(C)C. The fourth-order valence-electron chi connectivity index (χ4n) is 11.7. The van der Waals surface area contributed by atoms with Crippen molar-refractivity contribution in [1.82, 2.24) is 0 Å². The average Bonchev–Trinajstić information content (AvgIpc) is 1.50. The van der Waals surface area contributed by atoms with Gasteiger partial charge in [-0.3, -0.25) is 37.3 Å². The van der Waals surface area contributed by atoms with Crippen molar-refractivity contribution in [3.8, 4) is 0 Å². The van der Waals surface area contributed by atoms with Crippen LogP contribution in [0.25, 0.3) is 0 Å². The Bertz CT molecular complexity index is 1840. The van der Waals surface area contributed by atoms with E-state index in [2.05, 4.69) is 41.5 Å². The Morgan fingerprint density at radius 3 is 0.716 bits per heavy atom. The number of carbonyl (C=O) groups excluding carboxylic acids is 4. The molecule has 0 aliphatic rings. The van der Waals surface area contributed by atoms with Crippen molar-refractivity contribution in [3.05, 3.63) is 0 Å². The van der Waals surface area contributed by atoms with E-state index in [4.69, 9.17) is 37.0 Å². The number of carbonyl (C=O) groups is 4. The van der Waals surface area contributed by atoms with Crippen LogP contribution in [-0.4, -0.2) is 96.7 Å². The third kappa shape index (κ3) is 70.3. The highest BCUT2D eigenvalue weighted by atomic mass is 31.2. The van der Waals surface area contributed by atoms with E-state index in [-0.39, 0.29) is 25.7 Å². The molecule has 0 amide bonds. The van der Waals surface area contributed by atoms with Gasteiger partial charge in [0.05, 0.1) is 26.4 Å². The number of aliphatic hydroxyl groups excluding tert-OH is 1. The zero-order valence-electron chi connectivity index (χ0n) is 62.0. The fourth-order valence-corrected chi connectivity index (χ4v) is 13.2. The summed E-state index contributed by atoms with van der Waals surface area (Å²) in [6.07, 6.45) is 55.6. The summed E-state index contributed by atoms with van der Waals surface area (Å²) >= 11 is 0. The van der Waals surface area contributed by atoms with E-state index >= 15 is 0 Å². The van der Waals surface area contributed by atoms with Gasteiger partial charge in [-0.25, -0.2) is 9.13 Å². The Morgan fingerprint density at radius 2 is 0.484 bits per heavy atom. The van der Waals surface area contributed by atoms with Crippen LogP contribution in [0.1, 0.15) is 395 Å². The number of aliphatic hydroxyl groups is 1. The molecule has 0 radical (unpaired) electrons.